The number of ether oxygens (including phenoxy) is 1. The lowest BCUT2D eigenvalue weighted by molar-refractivity contribution is -0.121. The van der Waals surface area contributed by atoms with Gasteiger partial charge in [-0.05, 0) is 31.5 Å². The van der Waals surface area contributed by atoms with Crippen molar-refractivity contribution in [3.63, 3.8) is 0 Å². The Morgan fingerprint density at radius 2 is 1.96 bits per heavy atom. The van der Waals surface area contributed by atoms with E-state index in [1.54, 1.807) is 3.96 Å². The topological polar surface area (TPSA) is 63.6 Å². The summed E-state index contributed by atoms with van der Waals surface area (Å²) in [5, 5.41) is 3.73. The maximum atomic E-state index is 12.2. The molecule has 1 aromatic heterocycles. The van der Waals surface area contributed by atoms with E-state index in [0.717, 1.165) is 49.4 Å². The molecule has 7 heteroatoms. The molecule has 0 aliphatic carbocycles. The SMILES string of the molecule is O=C(CCCn1sc2ccccc2c1=O)NCCCN1CCOCC1. The zero-order valence-corrected chi connectivity index (χ0v) is 15.2. The van der Waals surface area contributed by atoms with Gasteiger partial charge in [0, 0.05) is 32.6 Å². The van der Waals surface area contributed by atoms with Crippen LogP contribution in [-0.2, 0) is 16.1 Å². The van der Waals surface area contributed by atoms with Gasteiger partial charge in [-0.15, -0.1) is 0 Å². The number of amides is 1. The molecule has 1 aliphatic rings. The molecule has 1 N–H and O–H groups in total. The molecule has 0 unspecified atom stereocenters. The lowest BCUT2D eigenvalue weighted by atomic mass is 10.2. The average Bonchev–Trinajstić information content (AvgIpc) is 2.96. The molecule has 1 fully saturated rings. The average molecular weight is 363 g/mol. The molecule has 0 saturated carbocycles. The minimum absolute atomic E-state index is 0.0477. The second kappa shape index (κ2) is 9.12. The Hall–Kier alpha value is -1.70. The highest BCUT2D eigenvalue weighted by Crippen LogP contribution is 2.16. The van der Waals surface area contributed by atoms with Crippen LogP contribution in [0.3, 0.4) is 0 Å². The van der Waals surface area contributed by atoms with Gasteiger partial charge in [0.25, 0.3) is 5.56 Å². The second-order valence-electron chi connectivity index (χ2n) is 6.26. The normalized spacial score (nSPS) is 15.5. The van der Waals surface area contributed by atoms with Crippen LogP contribution in [0.15, 0.2) is 29.1 Å². The van der Waals surface area contributed by atoms with Gasteiger partial charge in [-0.1, -0.05) is 23.7 Å². The molecule has 0 bridgehead atoms. The van der Waals surface area contributed by atoms with Gasteiger partial charge < -0.3 is 10.1 Å². The summed E-state index contributed by atoms with van der Waals surface area (Å²) >= 11 is 1.47. The number of aromatic nitrogens is 1. The van der Waals surface area contributed by atoms with E-state index < -0.39 is 0 Å². The molecule has 2 heterocycles. The van der Waals surface area contributed by atoms with E-state index >= 15 is 0 Å². The van der Waals surface area contributed by atoms with Crippen molar-refractivity contribution >= 4 is 27.5 Å². The van der Waals surface area contributed by atoms with E-state index in [0.29, 0.717) is 25.9 Å². The number of rotatable bonds is 8. The molecule has 25 heavy (non-hydrogen) atoms. The Kier molecular flexibility index (Phi) is 6.61. The van der Waals surface area contributed by atoms with Crippen LogP contribution in [0.1, 0.15) is 19.3 Å². The summed E-state index contributed by atoms with van der Waals surface area (Å²) in [6, 6.07) is 7.63. The van der Waals surface area contributed by atoms with Crippen molar-refractivity contribution in [2.75, 3.05) is 39.4 Å². The molecule has 1 saturated heterocycles. The Balaban J connectivity index is 1.33. The van der Waals surface area contributed by atoms with E-state index in [9.17, 15) is 9.59 Å². The molecule has 3 rings (SSSR count). The first kappa shape index (κ1) is 18.1. The van der Waals surface area contributed by atoms with Crippen molar-refractivity contribution in [3.05, 3.63) is 34.6 Å². The number of morpholine rings is 1. The predicted molar refractivity (Wildman–Crippen MR) is 100 cm³/mol. The number of nitrogens with zero attached hydrogens (tertiary/aromatic N) is 2. The van der Waals surface area contributed by atoms with Crippen molar-refractivity contribution in [2.45, 2.75) is 25.8 Å². The molecule has 136 valence electrons. The summed E-state index contributed by atoms with van der Waals surface area (Å²) in [6.45, 7) is 5.89. The van der Waals surface area contributed by atoms with Crippen molar-refractivity contribution in [1.82, 2.24) is 14.2 Å². The monoisotopic (exact) mass is 363 g/mol. The van der Waals surface area contributed by atoms with E-state index in [1.165, 1.54) is 11.5 Å². The van der Waals surface area contributed by atoms with Gasteiger partial charge in [0.15, 0.2) is 0 Å². The largest absolute Gasteiger partial charge is 0.379 e. The molecule has 6 nitrogen and oxygen atoms in total. The number of carbonyl (C=O) groups is 1. The Morgan fingerprint density at radius 3 is 2.76 bits per heavy atom. The van der Waals surface area contributed by atoms with Gasteiger partial charge in [-0.3, -0.25) is 18.4 Å². The van der Waals surface area contributed by atoms with Crippen molar-refractivity contribution in [2.24, 2.45) is 0 Å². The van der Waals surface area contributed by atoms with Gasteiger partial charge in [-0.25, -0.2) is 0 Å². The maximum Gasteiger partial charge on any atom is 0.268 e. The first-order chi connectivity index (χ1) is 12.2. The summed E-state index contributed by atoms with van der Waals surface area (Å²) in [7, 11) is 0. The first-order valence-electron chi connectivity index (χ1n) is 8.90. The van der Waals surface area contributed by atoms with Gasteiger partial charge >= 0.3 is 0 Å². The van der Waals surface area contributed by atoms with Gasteiger partial charge in [-0.2, -0.15) is 0 Å². The van der Waals surface area contributed by atoms with E-state index in [2.05, 4.69) is 10.2 Å². The first-order valence-corrected chi connectivity index (χ1v) is 9.67. The van der Waals surface area contributed by atoms with Crippen LogP contribution in [0, 0.1) is 0 Å². The van der Waals surface area contributed by atoms with Gasteiger partial charge in [0.1, 0.15) is 0 Å². The molecule has 2 aromatic rings. The maximum absolute atomic E-state index is 12.2. The van der Waals surface area contributed by atoms with Crippen LogP contribution in [0.2, 0.25) is 0 Å². The highest BCUT2D eigenvalue weighted by molar-refractivity contribution is 7.13. The number of benzene rings is 1. The minimum atomic E-state index is 0.0477. The number of carbonyl (C=O) groups excluding carboxylic acids is 1. The number of hydrogen-bond acceptors (Lipinski definition) is 5. The van der Waals surface area contributed by atoms with Crippen LogP contribution in [0.4, 0.5) is 0 Å². The van der Waals surface area contributed by atoms with Crippen molar-refractivity contribution in [1.29, 1.82) is 0 Å². The van der Waals surface area contributed by atoms with E-state index in [-0.39, 0.29) is 11.5 Å². The van der Waals surface area contributed by atoms with Crippen LogP contribution in [-0.4, -0.2) is 54.2 Å². The van der Waals surface area contributed by atoms with Crippen LogP contribution in [0.25, 0.3) is 10.1 Å². The molecule has 1 amide bonds. The fourth-order valence-electron chi connectivity index (χ4n) is 2.99. The molecular weight excluding hydrogens is 338 g/mol. The number of aryl methyl sites for hydroxylation is 1. The van der Waals surface area contributed by atoms with Gasteiger partial charge in [0.2, 0.25) is 5.91 Å². The summed E-state index contributed by atoms with van der Waals surface area (Å²) in [6.07, 6.45) is 2.10. The lowest BCUT2D eigenvalue weighted by Gasteiger charge is -2.26. The molecule has 0 spiro atoms. The third-order valence-corrected chi connectivity index (χ3v) is 5.52. The number of hydrogen-bond donors (Lipinski definition) is 1. The Morgan fingerprint density at radius 1 is 1.16 bits per heavy atom. The van der Waals surface area contributed by atoms with Crippen LogP contribution in [0.5, 0.6) is 0 Å². The quantitative estimate of drug-likeness (QED) is 0.725. The highest BCUT2D eigenvalue weighted by Gasteiger charge is 2.10. The molecular formula is C18H25N3O3S. The standard InChI is InChI=1S/C18H25N3O3S/c22-17(19-8-4-9-20-11-13-24-14-12-20)7-3-10-21-18(23)15-5-1-2-6-16(15)25-21/h1-2,5-6H,3-4,7-14H2,(H,19,22). The minimum Gasteiger partial charge on any atom is -0.379 e. The fourth-order valence-corrected chi connectivity index (χ4v) is 4.02. The third-order valence-electron chi connectivity index (χ3n) is 4.39. The highest BCUT2D eigenvalue weighted by atomic mass is 32.1. The summed E-state index contributed by atoms with van der Waals surface area (Å²) < 4.78 is 8.06. The third kappa shape index (κ3) is 5.14. The predicted octanol–water partition coefficient (Wildman–Crippen LogP) is 1.68. The molecule has 1 aromatic carbocycles. The summed E-state index contributed by atoms with van der Waals surface area (Å²) in [5.41, 5.74) is 0.0477. The zero-order chi connectivity index (χ0) is 17.5. The molecule has 0 atom stereocenters. The number of nitrogens with one attached hydrogen (secondary N) is 1. The Bertz CT molecular complexity index is 749. The van der Waals surface area contributed by atoms with Crippen molar-refractivity contribution < 1.29 is 9.53 Å². The molecule has 1 aliphatic heterocycles. The summed E-state index contributed by atoms with van der Waals surface area (Å²) in [4.78, 5) is 26.5. The van der Waals surface area contributed by atoms with E-state index in [4.69, 9.17) is 4.74 Å². The fraction of sp³-hybridized carbons (Fsp3) is 0.556. The van der Waals surface area contributed by atoms with E-state index in [1.807, 2.05) is 24.3 Å². The number of fused-ring (bicyclic) bond motifs is 1. The Labute approximate surface area is 151 Å². The van der Waals surface area contributed by atoms with Crippen molar-refractivity contribution in [3.8, 4) is 0 Å². The van der Waals surface area contributed by atoms with Gasteiger partial charge in [0.05, 0.1) is 23.3 Å². The van der Waals surface area contributed by atoms with Crippen LogP contribution >= 0.6 is 11.5 Å². The molecule has 0 radical (unpaired) electrons. The summed E-state index contributed by atoms with van der Waals surface area (Å²) in [5.74, 6) is 0.0659. The van der Waals surface area contributed by atoms with Crippen LogP contribution < -0.4 is 10.9 Å². The lowest BCUT2D eigenvalue weighted by Crippen LogP contribution is -2.38. The second-order valence-corrected chi connectivity index (χ2v) is 7.32. The zero-order valence-electron chi connectivity index (χ0n) is 14.4. The smallest absolute Gasteiger partial charge is 0.268 e.